The fraction of sp³-hybridized carbons (Fsp3) is 0.467. The fourth-order valence-corrected chi connectivity index (χ4v) is 2.80. The van der Waals surface area contributed by atoms with E-state index in [1.165, 1.54) is 0 Å². The monoisotopic (exact) mass is 273 g/mol. The van der Waals surface area contributed by atoms with Crippen molar-refractivity contribution in [2.24, 2.45) is 0 Å². The third-order valence-corrected chi connectivity index (χ3v) is 3.92. The molecule has 2 unspecified atom stereocenters. The van der Waals surface area contributed by atoms with Crippen molar-refractivity contribution in [2.45, 2.75) is 44.4 Å². The van der Waals surface area contributed by atoms with Gasteiger partial charge < -0.3 is 15.4 Å². The van der Waals surface area contributed by atoms with Gasteiger partial charge in [-0.25, -0.2) is 4.98 Å². The van der Waals surface area contributed by atoms with E-state index in [0.29, 0.717) is 23.3 Å². The molecule has 1 aliphatic rings. The van der Waals surface area contributed by atoms with E-state index in [0.717, 1.165) is 25.7 Å². The molecule has 3 rings (SSSR count). The molecule has 0 bridgehead atoms. The van der Waals surface area contributed by atoms with Crippen LogP contribution in [0.15, 0.2) is 29.1 Å². The molecule has 1 heterocycles. The fourth-order valence-electron chi connectivity index (χ4n) is 2.80. The van der Waals surface area contributed by atoms with Crippen LogP contribution in [0.3, 0.4) is 0 Å². The third kappa shape index (κ3) is 2.73. The molecular formula is C15H19N3O2. The lowest BCUT2D eigenvalue weighted by Gasteiger charge is -2.28. The lowest BCUT2D eigenvalue weighted by atomic mass is 9.92. The summed E-state index contributed by atoms with van der Waals surface area (Å²) in [5.41, 5.74) is 0.592. The molecule has 0 aliphatic heterocycles. The number of benzene rings is 1. The second kappa shape index (κ2) is 5.73. The number of H-pyrrole nitrogens is 1. The van der Waals surface area contributed by atoms with Gasteiger partial charge in [0.15, 0.2) is 0 Å². The highest BCUT2D eigenvalue weighted by Crippen LogP contribution is 2.18. The average Bonchev–Trinajstić information content (AvgIpc) is 2.46. The number of hydrogen-bond donors (Lipinski definition) is 3. The lowest BCUT2D eigenvalue weighted by molar-refractivity contribution is 0.0899. The normalized spacial score (nSPS) is 23.1. The number of nitrogens with one attached hydrogen (secondary N) is 2. The minimum atomic E-state index is -0.295. The van der Waals surface area contributed by atoms with E-state index in [4.69, 9.17) is 0 Å². The first-order chi connectivity index (χ1) is 9.74. The van der Waals surface area contributed by atoms with E-state index >= 15 is 0 Å². The quantitative estimate of drug-likeness (QED) is 0.788. The minimum Gasteiger partial charge on any atom is -0.392 e. The summed E-state index contributed by atoms with van der Waals surface area (Å²) in [4.78, 5) is 19.2. The molecule has 3 N–H and O–H groups in total. The van der Waals surface area contributed by atoms with Crippen LogP contribution in [0.2, 0.25) is 0 Å². The Morgan fingerprint density at radius 1 is 1.30 bits per heavy atom. The van der Waals surface area contributed by atoms with Crippen LogP contribution >= 0.6 is 0 Å². The van der Waals surface area contributed by atoms with Gasteiger partial charge in [0.2, 0.25) is 0 Å². The number of rotatable bonds is 3. The van der Waals surface area contributed by atoms with E-state index in [2.05, 4.69) is 15.3 Å². The molecule has 106 valence electrons. The van der Waals surface area contributed by atoms with Gasteiger partial charge in [-0.3, -0.25) is 4.79 Å². The number of aromatic amines is 1. The van der Waals surface area contributed by atoms with Crippen LogP contribution in [0.1, 0.15) is 31.5 Å². The Labute approximate surface area is 117 Å². The highest BCUT2D eigenvalue weighted by Gasteiger charge is 2.22. The van der Waals surface area contributed by atoms with Crippen LogP contribution < -0.4 is 10.9 Å². The molecule has 1 aromatic carbocycles. The maximum Gasteiger partial charge on any atom is 0.258 e. The van der Waals surface area contributed by atoms with E-state index in [1.807, 2.05) is 18.2 Å². The summed E-state index contributed by atoms with van der Waals surface area (Å²) in [6.07, 6.45) is 3.75. The van der Waals surface area contributed by atoms with Gasteiger partial charge in [0.25, 0.3) is 5.56 Å². The Kier molecular flexibility index (Phi) is 3.80. The average molecular weight is 273 g/mol. The molecule has 0 spiro atoms. The molecule has 0 radical (unpaired) electrons. The number of aliphatic hydroxyl groups is 1. The Hall–Kier alpha value is -1.72. The summed E-state index contributed by atoms with van der Waals surface area (Å²) < 4.78 is 0. The number of para-hydroxylation sites is 1. The zero-order valence-corrected chi connectivity index (χ0v) is 11.3. The van der Waals surface area contributed by atoms with Crippen molar-refractivity contribution in [3.05, 3.63) is 40.4 Å². The third-order valence-electron chi connectivity index (χ3n) is 3.92. The molecule has 2 aromatic rings. The standard InChI is InChI=1S/C15H19N3O2/c19-13-8-4-3-7-12(13)16-9-14-17-11-6-2-1-5-10(11)15(20)18-14/h1-2,5-6,12-13,16,19H,3-4,7-9H2,(H,17,18,20). The van der Waals surface area contributed by atoms with E-state index < -0.39 is 0 Å². The summed E-state index contributed by atoms with van der Waals surface area (Å²) in [7, 11) is 0. The van der Waals surface area contributed by atoms with Crippen LogP contribution in [0, 0.1) is 0 Å². The summed E-state index contributed by atoms with van der Waals surface area (Å²) in [5.74, 6) is 0.617. The Morgan fingerprint density at radius 3 is 2.95 bits per heavy atom. The minimum absolute atomic E-state index is 0.0977. The molecule has 20 heavy (non-hydrogen) atoms. The van der Waals surface area contributed by atoms with Gasteiger partial charge in [-0.2, -0.15) is 0 Å². The Bertz CT molecular complexity index is 653. The van der Waals surface area contributed by atoms with Gasteiger partial charge in [0.05, 0.1) is 23.6 Å². The summed E-state index contributed by atoms with van der Waals surface area (Å²) in [6.45, 7) is 0.474. The van der Waals surface area contributed by atoms with Crippen molar-refractivity contribution in [3.63, 3.8) is 0 Å². The molecule has 0 saturated heterocycles. The first-order valence-electron chi connectivity index (χ1n) is 7.13. The highest BCUT2D eigenvalue weighted by molar-refractivity contribution is 5.77. The van der Waals surface area contributed by atoms with E-state index in [-0.39, 0.29) is 17.7 Å². The predicted molar refractivity (Wildman–Crippen MR) is 77.5 cm³/mol. The zero-order chi connectivity index (χ0) is 13.9. The summed E-state index contributed by atoms with van der Waals surface area (Å²) in [5, 5.41) is 13.8. The molecule has 5 nitrogen and oxygen atoms in total. The van der Waals surface area contributed by atoms with Gasteiger partial charge >= 0.3 is 0 Å². The van der Waals surface area contributed by atoms with Gasteiger partial charge in [-0.1, -0.05) is 25.0 Å². The van der Waals surface area contributed by atoms with Crippen molar-refractivity contribution in [2.75, 3.05) is 0 Å². The maximum atomic E-state index is 11.9. The van der Waals surface area contributed by atoms with E-state index in [9.17, 15) is 9.90 Å². The number of aromatic nitrogens is 2. The second-order valence-corrected chi connectivity index (χ2v) is 5.37. The SMILES string of the molecule is O=c1[nH]c(CNC2CCCCC2O)nc2ccccc12. The smallest absolute Gasteiger partial charge is 0.258 e. The van der Waals surface area contributed by atoms with Crippen LogP contribution in [-0.4, -0.2) is 27.2 Å². The number of aliphatic hydroxyl groups excluding tert-OH is 1. The number of nitrogens with zero attached hydrogens (tertiary/aromatic N) is 1. The first kappa shape index (κ1) is 13.3. The van der Waals surface area contributed by atoms with Gasteiger partial charge in [-0.15, -0.1) is 0 Å². The van der Waals surface area contributed by atoms with Gasteiger partial charge in [-0.05, 0) is 25.0 Å². The largest absolute Gasteiger partial charge is 0.392 e. The summed E-state index contributed by atoms with van der Waals surface area (Å²) in [6, 6.07) is 7.40. The molecule has 1 saturated carbocycles. The lowest BCUT2D eigenvalue weighted by Crippen LogP contribution is -2.42. The molecule has 1 aromatic heterocycles. The molecular weight excluding hydrogens is 254 g/mol. The predicted octanol–water partition coefficient (Wildman–Crippen LogP) is 1.32. The van der Waals surface area contributed by atoms with Crippen molar-refractivity contribution >= 4 is 10.9 Å². The Morgan fingerprint density at radius 2 is 2.10 bits per heavy atom. The van der Waals surface area contributed by atoms with Crippen molar-refractivity contribution in [1.82, 2.24) is 15.3 Å². The maximum absolute atomic E-state index is 11.9. The molecule has 0 amide bonds. The molecule has 5 heteroatoms. The van der Waals surface area contributed by atoms with Gasteiger partial charge in [0, 0.05) is 6.04 Å². The van der Waals surface area contributed by atoms with Crippen molar-refractivity contribution < 1.29 is 5.11 Å². The molecule has 1 fully saturated rings. The van der Waals surface area contributed by atoms with Crippen LogP contribution in [-0.2, 0) is 6.54 Å². The zero-order valence-electron chi connectivity index (χ0n) is 11.3. The molecule has 2 atom stereocenters. The van der Waals surface area contributed by atoms with Crippen LogP contribution in [0.5, 0.6) is 0 Å². The van der Waals surface area contributed by atoms with Crippen molar-refractivity contribution in [1.29, 1.82) is 0 Å². The van der Waals surface area contributed by atoms with Crippen molar-refractivity contribution in [3.8, 4) is 0 Å². The van der Waals surface area contributed by atoms with Crippen LogP contribution in [0.4, 0.5) is 0 Å². The molecule has 1 aliphatic carbocycles. The second-order valence-electron chi connectivity index (χ2n) is 5.37. The first-order valence-corrected chi connectivity index (χ1v) is 7.13. The topological polar surface area (TPSA) is 78.0 Å². The van der Waals surface area contributed by atoms with Gasteiger partial charge in [0.1, 0.15) is 5.82 Å². The number of hydrogen-bond acceptors (Lipinski definition) is 4. The summed E-state index contributed by atoms with van der Waals surface area (Å²) >= 11 is 0. The van der Waals surface area contributed by atoms with Crippen LogP contribution in [0.25, 0.3) is 10.9 Å². The number of fused-ring (bicyclic) bond motifs is 1. The van der Waals surface area contributed by atoms with E-state index in [1.54, 1.807) is 6.07 Å². The highest BCUT2D eigenvalue weighted by atomic mass is 16.3. The Balaban J connectivity index is 1.76.